The van der Waals surface area contributed by atoms with Gasteiger partial charge in [-0.2, -0.15) is 0 Å². The Morgan fingerprint density at radius 3 is 2.24 bits per heavy atom. The Morgan fingerprint density at radius 1 is 0.857 bits per heavy atom. The van der Waals surface area contributed by atoms with Crippen molar-refractivity contribution in [2.75, 3.05) is 0 Å². The Morgan fingerprint density at radius 2 is 1.62 bits per heavy atom. The van der Waals surface area contributed by atoms with Gasteiger partial charge in [-0.05, 0) is 43.9 Å². The second-order valence-corrected chi connectivity index (χ2v) is 7.47. The molecule has 2 nitrogen and oxygen atoms in total. The van der Waals surface area contributed by atoms with Crippen LogP contribution in [0.3, 0.4) is 0 Å². The van der Waals surface area contributed by atoms with Crippen molar-refractivity contribution >= 4 is 0 Å². The van der Waals surface area contributed by atoms with Gasteiger partial charge in [0.15, 0.2) is 6.29 Å². The van der Waals surface area contributed by atoms with E-state index < -0.39 is 6.29 Å². The maximum absolute atomic E-state index is 10.2. The van der Waals surface area contributed by atoms with Crippen LogP contribution in [0.5, 0.6) is 0 Å². The molecule has 0 aromatic carbocycles. The molecule has 1 saturated carbocycles. The van der Waals surface area contributed by atoms with E-state index in [1.807, 2.05) is 0 Å². The van der Waals surface area contributed by atoms with Crippen LogP contribution < -0.4 is 0 Å². The summed E-state index contributed by atoms with van der Waals surface area (Å²) in [4.78, 5) is 0. The molecular formula is C19H36O2. The highest BCUT2D eigenvalue weighted by Gasteiger charge is 2.35. The highest BCUT2D eigenvalue weighted by Crippen LogP contribution is 2.39. The van der Waals surface area contributed by atoms with Gasteiger partial charge < -0.3 is 9.84 Å². The standard InChI is InChI=1S/C19H36O2/c1-3-5-6-8-15-9-11-16(12-10-15)18-14-13-17(7-4-2)19(20)21-18/h15-20H,3-14H2,1-2H3. The first-order chi connectivity index (χ1) is 10.2. The lowest BCUT2D eigenvalue weighted by atomic mass is 9.75. The molecule has 1 aliphatic heterocycles. The SMILES string of the molecule is CCCCCC1CCC(C2CCC(CCC)C(O)O2)CC1. The predicted octanol–water partition coefficient (Wildman–Crippen LogP) is 5.29. The van der Waals surface area contributed by atoms with Gasteiger partial charge in [-0.1, -0.05) is 58.8 Å². The number of rotatable bonds is 7. The number of unbranched alkanes of at least 4 members (excludes halogenated alkanes) is 2. The van der Waals surface area contributed by atoms with Crippen molar-refractivity contribution in [1.82, 2.24) is 0 Å². The summed E-state index contributed by atoms with van der Waals surface area (Å²) in [5.74, 6) is 2.07. The van der Waals surface area contributed by atoms with Crippen molar-refractivity contribution in [2.45, 2.75) is 103 Å². The molecule has 124 valence electrons. The fraction of sp³-hybridized carbons (Fsp3) is 1.00. The summed E-state index contributed by atoms with van der Waals surface area (Å²) in [6.45, 7) is 4.48. The summed E-state index contributed by atoms with van der Waals surface area (Å²) in [6.07, 6.45) is 15.5. The molecule has 1 heterocycles. The van der Waals surface area contributed by atoms with E-state index in [9.17, 15) is 5.11 Å². The van der Waals surface area contributed by atoms with Gasteiger partial charge in [0.05, 0.1) is 6.10 Å². The van der Waals surface area contributed by atoms with Crippen molar-refractivity contribution in [3.63, 3.8) is 0 Å². The molecule has 0 spiro atoms. The van der Waals surface area contributed by atoms with E-state index in [0.29, 0.717) is 17.9 Å². The Bertz CT molecular complexity index is 271. The first-order valence-corrected chi connectivity index (χ1v) is 9.58. The van der Waals surface area contributed by atoms with Gasteiger partial charge in [-0.3, -0.25) is 0 Å². The van der Waals surface area contributed by atoms with Gasteiger partial charge in [0.1, 0.15) is 0 Å². The molecule has 1 N–H and O–H groups in total. The minimum absolute atomic E-state index is 0.338. The second-order valence-electron chi connectivity index (χ2n) is 7.47. The maximum Gasteiger partial charge on any atom is 0.157 e. The van der Waals surface area contributed by atoms with Gasteiger partial charge in [0.25, 0.3) is 0 Å². The van der Waals surface area contributed by atoms with E-state index in [1.54, 1.807) is 0 Å². The molecule has 0 bridgehead atoms. The first kappa shape index (κ1) is 17.3. The monoisotopic (exact) mass is 296 g/mol. The maximum atomic E-state index is 10.2. The zero-order valence-electron chi connectivity index (χ0n) is 14.2. The molecule has 2 aliphatic rings. The van der Waals surface area contributed by atoms with Crippen molar-refractivity contribution in [1.29, 1.82) is 0 Å². The summed E-state index contributed by atoms with van der Waals surface area (Å²) in [6, 6.07) is 0. The number of aliphatic hydroxyl groups excluding tert-OH is 1. The number of aliphatic hydroxyl groups is 1. The lowest BCUT2D eigenvalue weighted by Gasteiger charge is -2.40. The Kier molecular flexibility index (Phi) is 7.53. The Hall–Kier alpha value is -0.0800. The molecule has 3 unspecified atom stereocenters. The summed E-state index contributed by atoms with van der Waals surface area (Å²) in [7, 11) is 0. The third-order valence-corrected chi connectivity index (χ3v) is 5.83. The molecule has 2 heteroatoms. The molecular weight excluding hydrogens is 260 g/mol. The summed E-state index contributed by atoms with van der Waals surface area (Å²) >= 11 is 0. The van der Waals surface area contributed by atoms with Crippen LogP contribution in [0.2, 0.25) is 0 Å². The molecule has 3 atom stereocenters. The van der Waals surface area contributed by atoms with E-state index in [2.05, 4.69) is 13.8 Å². The van der Waals surface area contributed by atoms with Crippen LogP contribution in [0.1, 0.15) is 90.9 Å². The molecule has 0 aromatic heterocycles. The minimum atomic E-state index is -0.494. The van der Waals surface area contributed by atoms with Crippen LogP contribution in [-0.2, 0) is 4.74 Å². The number of ether oxygens (including phenoxy) is 1. The van der Waals surface area contributed by atoms with Crippen molar-refractivity contribution in [2.24, 2.45) is 17.8 Å². The van der Waals surface area contributed by atoms with E-state index in [4.69, 9.17) is 4.74 Å². The molecule has 2 fully saturated rings. The van der Waals surface area contributed by atoms with Gasteiger partial charge in [-0.25, -0.2) is 0 Å². The molecule has 1 aliphatic carbocycles. The highest BCUT2D eigenvalue weighted by atomic mass is 16.6. The van der Waals surface area contributed by atoms with Gasteiger partial charge in [0, 0.05) is 5.92 Å². The van der Waals surface area contributed by atoms with Crippen LogP contribution in [0.25, 0.3) is 0 Å². The highest BCUT2D eigenvalue weighted by molar-refractivity contribution is 4.82. The van der Waals surface area contributed by atoms with Crippen LogP contribution in [-0.4, -0.2) is 17.5 Å². The fourth-order valence-corrected chi connectivity index (χ4v) is 4.42. The summed E-state index contributed by atoms with van der Waals surface area (Å²) in [5.41, 5.74) is 0. The quantitative estimate of drug-likeness (QED) is 0.647. The Labute approximate surface area is 131 Å². The average molecular weight is 296 g/mol. The lowest BCUT2D eigenvalue weighted by Crippen LogP contribution is -2.39. The van der Waals surface area contributed by atoms with Crippen molar-refractivity contribution in [3.8, 4) is 0 Å². The third-order valence-electron chi connectivity index (χ3n) is 5.83. The molecule has 0 radical (unpaired) electrons. The molecule has 1 saturated heterocycles. The zero-order valence-corrected chi connectivity index (χ0v) is 14.2. The smallest absolute Gasteiger partial charge is 0.157 e. The largest absolute Gasteiger partial charge is 0.368 e. The van der Waals surface area contributed by atoms with Crippen LogP contribution >= 0.6 is 0 Å². The average Bonchev–Trinajstić information content (AvgIpc) is 2.50. The molecule has 21 heavy (non-hydrogen) atoms. The Balaban J connectivity index is 1.68. The molecule has 2 rings (SSSR count). The van der Waals surface area contributed by atoms with E-state index in [-0.39, 0.29) is 0 Å². The van der Waals surface area contributed by atoms with Gasteiger partial charge in [-0.15, -0.1) is 0 Å². The van der Waals surface area contributed by atoms with Crippen molar-refractivity contribution in [3.05, 3.63) is 0 Å². The third kappa shape index (κ3) is 5.25. The molecule has 0 aromatic rings. The zero-order chi connectivity index (χ0) is 15.1. The van der Waals surface area contributed by atoms with Crippen molar-refractivity contribution < 1.29 is 9.84 Å². The van der Waals surface area contributed by atoms with Crippen LogP contribution in [0.4, 0.5) is 0 Å². The topological polar surface area (TPSA) is 29.5 Å². The first-order valence-electron chi connectivity index (χ1n) is 9.58. The normalized spacial score (nSPS) is 37.6. The van der Waals surface area contributed by atoms with E-state index >= 15 is 0 Å². The predicted molar refractivity (Wildman–Crippen MR) is 88.1 cm³/mol. The lowest BCUT2D eigenvalue weighted by molar-refractivity contribution is -0.210. The second kappa shape index (κ2) is 9.15. The fourth-order valence-electron chi connectivity index (χ4n) is 4.42. The summed E-state index contributed by atoms with van der Waals surface area (Å²) in [5, 5.41) is 10.2. The van der Waals surface area contributed by atoms with Gasteiger partial charge >= 0.3 is 0 Å². The van der Waals surface area contributed by atoms with E-state index in [1.165, 1.54) is 57.8 Å². The van der Waals surface area contributed by atoms with E-state index in [0.717, 1.165) is 25.2 Å². The number of hydrogen-bond acceptors (Lipinski definition) is 2. The van der Waals surface area contributed by atoms with Gasteiger partial charge in [0.2, 0.25) is 0 Å². The molecule has 0 amide bonds. The number of hydrogen-bond donors (Lipinski definition) is 1. The minimum Gasteiger partial charge on any atom is -0.368 e. The van der Waals surface area contributed by atoms with Crippen LogP contribution in [0.15, 0.2) is 0 Å². The summed E-state index contributed by atoms with van der Waals surface area (Å²) < 4.78 is 5.98. The van der Waals surface area contributed by atoms with Crippen LogP contribution in [0, 0.1) is 17.8 Å².